The zero-order valence-corrected chi connectivity index (χ0v) is 16.5. The van der Waals surface area contributed by atoms with Crippen molar-refractivity contribution in [3.8, 4) is 5.88 Å². The van der Waals surface area contributed by atoms with Gasteiger partial charge in [-0.25, -0.2) is 4.98 Å². The molecule has 2 aromatic rings. The van der Waals surface area contributed by atoms with Gasteiger partial charge in [-0.15, -0.1) is 0 Å². The molecule has 0 saturated heterocycles. The Bertz CT molecular complexity index is 934. The van der Waals surface area contributed by atoms with E-state index in [1.807, 2.05) is 13.0 Å². The molecule has 7 heteroatoms. The van der Waals surface area contributed by atoms with Gasteiger partial charge in [0.05, 0.1) is 18.7 Å². The van der Waals surface area contributed by atoms with E-state index in [4.69, 9.17) is 9.47 Å². The lowest BCUT2D eigenvalue weighted by molar-refractivity contribution is -0.113. The molecule has 1 aromatic carbocycles. The summed E-state index contributed by atoms with van der Waals surface area (Å²) >= 11 is 0. The predicted octanol–water partition coefficient (Wildman–Crippen LogP) is 4.23. The number of aliphatic imine (C=N–C) groups is 1. The number of methoxy groups -OCH3 is 1. The van der Waals surface area contributed by atoms with Crippen LogP contribution < -0.4 is 10.1 Å². The molecule has 0 spiro atoms. The Morgan fingerprint density at radius 3 is 2.57 bits per heavy atom. The number of ether oxygens (including phenoxy) is 2. The van der Waals surface area contributed by atoms with E-state index in [0.717, 1.165) is 10.9 Å². The van der Waals surface area contributed by atoms with Crippen LogP contribution in [0.5, 0.6) is 5.88 Å². The van der Waals surface area contributed by atoms with Gasteiger partial charge in [0.1, 0.15) is 0 Å². The maximum absolute atomic E-state index is 12.4. The van der Waals surface area contributed by atoms with Crippen LogP contribution in [0.1, 0.15) is 20.8 Å². The van der Waals surface area contributed by atoms with Crippen molar-refractivity contribution >= 4 is 29.2 Å². The van der Waals surface area contributed by atoms with Gasteiger partial charge in [0.2, 0.25) is 5.88 Å². The summed E-state index contributed by atoms with van der Waals surface area (Å²) in [5.41, 5.74) is 0.969. The van der Waals surface area contributed by atoms with E-state index in [-0.39, 0.29) is 17.6 Å². The summed E-state index contributed by atoms with van der Waals surface area (Å²) in [6.45, 7) is 13.0. The Morgan fingerprint density at radius 2 is 1.96 bits per heavy atom. The maximum Gasteiger partial charge on any atom is 0.278 e. The van der Waals surface area contributed by atoms with Gasteiger partial charge in [0.15, 0.2) is 17.2 Å². The van der Waals surface area contributed by atoms with E-state index in [9.17, 15) is 9.90 Å². The zero-order valence-electron chi connectivity index (χ0n) is 16.5. The minimum atomic E-state index is -0.635. The highest BCUT2D eigenvalue weighted by atomic mass is 16.5. The average Bonchev–Trinajstić information content (AvgIpc) is 2.67. The van der Waals surface area contributed by atoms with Crippen molar-refractivity contribution in [3.05, 3.63) is 54.1 Å². The number of benzene rings is 1. The van der Waals surface area contributed by atoms with Gasteiger partial charge in [0.25, 0.3) is 5.91 Å². The van der Waals surface area contributed by atoms with Gasteiger partial charge in [-0.05, 0) is 43.8 Å². The lowest BCUT2D eigenvalue weighted by atomic mass is 10.1. The summed E-state index contributed by atoms with van der Waals surface area (Å²) in [7, 11) is 1.33. The molecule has 0 saturated carbocycles. The van der Waals surface area contributed by atoms with Gasteiger partial charge in [-0.3, -0.25) is 9.79 Å². The molecule has 0 fully saturated rings. The van der Waals surface area contributed by atoms with Crippen LogP contribution in [-0.4, -0.2) is 35.9 Å². The van der Waals surface area contributed by atoms with Gasteiger partial charge in [0, 0.05) is 17.1 Å². The second kappa shape index (κ2) is 9.03. The minimum Gasteiger partial charge on any atom is -0.503 e. The molecular formula is C21H25N3O4. The maximum atomic E-state index is 12.4. The molecule has 0 radical (unpaired) electrons. The number of hydrogen-bond donors (Lipinski definition) is 2. The van der Waals surface area contributed by atoms with Crippen LogP contribution in [0.2, 0.25) is 0 Å². The third-order valence-electron chi connectivity index (χ3n) is 4.27. The molecule has 1 atom stereocenters. The minimum absolute atomic E-state index is 0.0506. The predicted molar refractivity (Wildman–Crippen MR) is 111 cm³/mol. The number of rotatable bonds is 8. The lowest BCUT2D eigenvalue weighted by Crippen LogP contribution is -2.19. The first-order chi connectivity index (χ1) is 13.3. The molecular weight excluding hydrogens is 358 g/mol. The van der Waals surface area contributed by atoms with E-state index in [1.54, 1.807) is 24.3 Å². The van der Waals surface area contributed by atoms with Crippen LogP contribution in [0.15, 0.2) is 59.1 Å². The number of nitrogens with zero attached hydrogens (tertiary/aromatic N) is 2. The molecule has 1 aromatic heterocycles. The molecule has 0 aliphatic rings. The summed E-state index contributed by atoms with van der Waals surface area (Å²) in [5, 5.41) is 13.5. The summed E-state index contributed by atoms with van der Waals surface area (Å²) < 4.78 is 10.6. The van der Waals surface area contributed by atoms with Crippen molar-refractivity contribution in [1.82, 2.24) is 4.98 Å². The summed E-state index contributed by atoms with van der Waals surface area (Å²) in [4.78, 5) is 20.4. The lowest BCUT2D eigenvalue weighted by Gasteiger charge is -2.17. The van der Waals surface area contributed by atoms with Crippen molar-refractivity contribution in [2.45, 2.75) is 26.9 Å². The Morgan fingerprint density at radius 1 is 1.25 bits per heavy atom. The molecule has 1 heterocycles. The summed E-state index contributed by atoms with van der Waals surface area (Å²) in [5.74, 6) is -0.262. The number of aliphatic hydroxyl groups is 1. The van der Waals surface area contributed by atoms with Crippen molar-refractivity contribution < 1.29 is 19.4 Å². The van der Waals surface area contributed by atoms with E-state index >= 15 is 0 Å². The second-order valence-electron chi connectivity index (χ2n) is 6.56. The molecule has 28 heavy (non-hydrogen) atoms. The first-order valence-corrected chi connectivity index (χ1v) is 8.78. The molecule has 1 amide bonds. The standard InChI is InChI=1S/C21H25N3O4/c1-12(2)13(3)28-18-10-7-15-11-16(8-9-17(15)24-18)23-21(26)19(22-5)20(25)14(4)27-6/h7-13,25H,4-5H2,1-3,6H3,(H,23,26)/b20-19+. The van der Waals surface area contributed by atoms with Crippen molar-refractivity contribution in [3.63, 3.8) is 0 Å². The molecule has 1 unspecified atom stereocenters. The number of carbonyl (C=O) groups excluding carboxylic acids is 1. The highest BCUT2D eigenvalue weighted by Gasteiger charge is 2.17. The van der Waals surface area contributed by atoms with E-state index in [1.165, 1.54) is 7.11 Å². The monoisotopic (exact) mass is 383 g/mol. The van der Waals surface area contributed by atoms with E-state index in [2.05, 4.69) is 42.4 Å². The third-order valence-corrected chi connectivity index (χ3v) is 4.27. The largest absolute Gasteiger partial charge is 0.503 e. The quantitative estimate of drug-likeness (QED) is 0.308. The van der Waals surface area contributed by atoms with Gasteiger partial charge in [-0.1, -0.05) is 20.4 Å². The third kappa shape index (κ3) is 4.88. The van der Waals surface area contributed by atoms with Gasteiger partial charge < -0.3 is 19.9 Å². The SMILES string of the molecule is C=N/C(C(=O)Nc1ccc2nc(OC(C)C(C)C)ccc2c1)=C(/O)C(=C)OC. The van der Waals surface area contributed by atoms with Crippen molar-refractivity contribution in [2.24, 2.45) is 10.9 Å². The molecule has 2 N–H and O–H groups in total. The number of nitrogens with one attached hydrogen (secondary N) is 1. The van der Waals surface area contributed by atoms with Gasteiger partial charge in [-0.2, -0.15) is 0 Å². The number of hydrogen-bond acceptors (Lipinski definition) is 6. The van der Waals surface area contributed by atoms with Crippen LogP contribution in [-0.2, 0) is 9.53 Å². The molecule has 0 bridgehead atoms. The summed E-state index contributed by atoms with van der Waals surface area (Å²) in [6.07, 6.45) is 0.0506. The Hall–Kier alpha value is -3.35. The van der Waals surface area contributed by atoms with Crippen LogP contribution in [0, 0.1) is 5.92 Å². The van der Waals surface area contributed by atoms with Crippen LogP contribution in [0.3, 0.4) is 0 Å². The summed E-state index contributed by atoms with van der Waals surface area (Å²) in [6, 6.07) is 8.89. The zero-order chi connectivity index (χ0) is 20.8. The second-order valence-corrected chi connectivity index (χ2v) is 6.56. The number of carbonyl (C=O) groups is 1. The Balaban J connectivity index is 2.23. The first kappa shape index (κ1) is 21.0. The molecule has 0 aliphatic carbocycles. The fourth-order valence-corrected chi connectivity index (χ4v) is 2.25. The average molecular weight is 383 g/mol. The normalized spacial score (nSPS) is 12.9. The molecule has 7 nitrogen and oxygen atoms in total. The fourth-order valence-electron chi connectivity index (χ4n) is 2.25. The Labute approximate surface area is 164 Å². The number of amides is 1. The van der Waals surface area contributed by atoms with E-state index < -0.39 is 11.7 Å². The highest BCUT2D eigenvalue weighted by Crippen LogP contribution is 2.23. The molecule has 2 rings (SSSR count). The number of anilines is 1. The number of aromatic nitrogens is 1. The van der Waals surface area contributed by atoms with Gasteiger partial charge >= 0.3 is 0 Å². The Kier molecular flexibility index (Phi) is 6.76. The van der Waals surface area contributed by atoms with Crippen LogP contribution in [0.4, 0.5) is 5.69 Å². The number of aliphatic hydroxyl groups excluding tert-OH is 1. The van der Waals surface area contributed by atoms with Crippen LogP contribution in [0.25, 0.3) is 10.9 Å². The highest BCUT2D eigenvalue weighted by molar-refractivity contribution is 6.05. The van der Waals surface area contributed by atoms with E-state index in [0.29, 0.717) is 17.5 Å². The first-order valence-electron chi connectivity index (χ1n) is 8.78. The number of pyridine rings is 1. The van der Waals surface area contributed by atoms with Crippen molar-refractivity contribution in [2.75, 3.05) is 12.4 Å². The fraction of sp³-hybridized carbons (Fsp3) is 0.286. The smallest absolute Gasteiger partial charge is 0.278 e. The molecule has 148 valence electrons. The molecule has 0 aliphatic heterocycles. The van der Waals surface area contributed by atoms with Crippen LogP contribution >= 0.6 is 0 Å². The van der Waals surface area contributed by atoms with Crippen molar-refractivity contribution in [1.29, 1.82) is 0 Å². The topological polar surface area (TPSA) is 93.0 Å². The number of fused-ring (bicyclic) bond motifs is 1.